The quantitative estimate of drug-likeness (QED) is 0.663. The van der Waals surface area contributed by atoms with Gasteiger partial charge in [-0.1, -0.05) is 48.5 Å². The van der Waals surface area contributed by atoms with Gasteiger partial charge in [-0.2, -0.15) is 5.26 Å². The molecule has 0 saturated heterocycles. The minimum Gasteiger partial charge on any atom is -0.253 e. The molecule has 1 aromatic heterocycles. The van der Waals surface area contributed by atoms with Crippen molar-refractivity contribution in [1.29, 1.82) is 5.26 Å². The van der Waals surface area contributed by atoms with Crippen molar-refractivity contribution in [3.63, 3.8) is 0 Å². The van der Waals surface area contributed by atoms with E-state index in [-0.39, 0.29) is 0 Å². The Bertz CT molecular complexity index is 922. The lowest BCUT2D eigenvalue weighted by Gasteiger charge is -2.33. The van der Waals surface area contributed by atoms with Crippen molar-refractivity contribution in [1.82, 2.24) is 4.98 Å². The molecular weight excluding hydrogens is 280 g/mol. The second-order valence-electron chi connectivity index (χ2n) is 6.42. The van der Waals surface area contributed by atoms with E-state index < -0.39 is 5.41 Å². The van der Waals surface area contributed by atoms with E-state index in [0.29, 0.717) is 0 Å². The zero-order chi connectivity index (χ0) is 15.9. The molecule has 23 heavy (non-hydrogen) atoms. The van der Waals surface area contributed by atoms with Crippen LogP contribution in [-0.2, 0) is 18.3 Å². The Balaban J connectivity index is 1.89. The topological polar surface area (TPSA) is 36.7 Å². The van der Waals surface area contributed by atoms with Crippen molar-refractivity contribution in [3.05, 3.63) is 77.0 Å². The summed E-state index contributed by atoms with van der Waals surface area (Å²) in [6, 6.07) is 21.1. The molecule has 1 atom stereocenters. The van der Waals surface area contributed by atoms with E-state index in [4.69, 9.17) is 4.98 Å². The van der Waals surface area contributed by atoms with Crippen molar-refractivity contribution in [2.24, 2.45) is 0 Å². The molecule has 0 saturated carbocycles. The van der Waals surface area contributed by atoms with E-state index in [1.807, 2.05) is 24.3 Å². The van der Waals surface area contributed by atoms with Crippen LogP contribution in [0.1, 0.15) is 28.8 Å². The first kappa shape index (κ1) is 14.0. The number of nitriles is 1. The zero-order valence-electron chi connectivity index (χ0n) is 13.2. The van der Waals surface area contributed by atoms with Crippen molar-refractivity contribution in [2.75, 3.05) is 0 Å². The number of benzene rings is 2. The second kappa shape index (κ2) is 5.21. The van der Waals surface area contributed by atoms with Crippen LogP contribution < -0.4 is 0 Å². The van der Waals surface area contributed by atoms with E-state index in [9.17, 15) is 5.26 Å². The van der Waals surface area contributed by atoms with Crippen LogP contribution in [0.25, 0.3) is 10.9 Å². The Morgan fingerprint density at radius 1 is 1.04 bits per heavy atom. The lowest BCUT2D eigenvalue weighted by Crippen LogP contribution is -2.33. The Morgan fingerprint density at radius 3 is 2.57 bits per heavy atom. The molecule has 112 valence electrons. The summed E-state index contributed by atoms with van der Waals surface area (Å²) in [4.78, 5) is 4.86. The van der Waals surface area contributed by atoms with Crippen molar-refractivity contribution in [3.8, 4) is 6.07 Å². The lowest BCUT2D eigenvalue weighted by molar-refractivity contribution is 0.466. The van der Waals surface area contributed by atoms with E-state index >= 15 is 0 Å². The van der Waals surface area contributed by atoms with Gasteiger partial charge < -0.3 is 0 Å². The van der Waals surface area contributed by atoms with Gasteiger partial charge in [-0.05, 0) is 48.9 Å². The van der Waals surface area contributed by atoms with Crippen LogP contribution in [0.15, 0.2) is 54.6 Å². The summed E-state index contributed by atoms with van der Waals surface area (Å²) in [6.07, 6.45) is 2.46. The summed E-state index contributed by atoms with van der Waals surface area (Å²) < 4.78 is 0. The summed E-state index contributed by atoms with van der Waals surface area (Å²) >= 11 is 0. The van der Waals surface area contributed by atoms with E-state index in [1.54, 1.807) is 0 Å². The number of para-hydroxylation sites is 1. The van der Waals surface area contributed by atoms with Gasteiger partial charge in [-0.25, -0.2) is 0 Å². The van der Waals surface area contributed by atoms with Gasteiger partial charge in [-0.15, -0.1) is 0 Å². The van der Waals surface area contributed by atoms with E-state index in [1.165, 1.54) is 22.2 Å². The van der Waals surface area contributed by atoms with Crippen LogP contribution in [0, 0.1) is 18.3 Å². The largest absolute Gasteiger partial charge is 0.253 e. The SMILES string of the molecule is Cc1c2c(nc3ccccc13)CCC(C#N)(c1ccccc1)C2. The fraction of sp³-hybridized carbons (Fsp3) is 0.238. The Labute approximate surface area is 136 Å². The predicted molar refractivity (Wildman–Crippen MR) is 92.2 cm³/mol. The van der Waals surface area contributed by atoms with Gasteiger partial charge in [0, 0.05) is 11.1 Å². The second-order valence-corrected chi connectivity index (χ2v) is 6.42. The van der Waals surface area contributed by atoms with Crippen LogP contribution in [0.3, 0.4) is 0 Å². The molecule has 0 fully saturated rings. The average Bonchev–Trinajstić information content (AvgIpc) is 2.63. The summed E-state index contributed by atoms with van der Waals surface area (Å²) in [5.74, 6) is 0. The lowest BCUT2D eigenvalue weighted by atomic mass is 9.68. The molecule has 0 radical (unpaired) electrons. The van der Waals surface area contributed by atoms with Gasteiger partial charge in [0.25, 0.3) is 0 Å². The first-order chi connectivity index (χ1) is 11.2. The molecule has 1 unspecified atom stereocenters. The molecule has 0 aliphatic heterocycles. The van der Waals surface area contributed by atoms with Gasteiger partial charge >= 0.3 is 0 Å². The average molecular weight is 298 g/mol. The van der Waals surface area contributed by atoms with Crippen molar-refractivity contribution in [2.45, 2.75) is 31.6 Å². The maximum Gasteiger partial charge on any atom is 0.0867 e. The summed E-state index contributed by atoms with van der Waals surface area (Å²) in [5, 5.41) is 11.2. The molecule has 2 aromatic carbocycles. The number of aryl methyl sites for hydroxylation is 2. The molecule has 4 rings (SSSR count). The number of aromatic nitrogens is 1. The minimum absolute atomic E-state index is 0.427. The number of hydrogen-bond donors (Lipinski definition) is 0. The highest BCUT2D eigenvalue weighted by molar-refractivity contribution is 5.83. The molecule has 1 aliphatic rings. The fourth-order valence-electron chi connectivity index (χ4n) is 3.81. The van der Waals surface area contributed by atoms with Gasteiger partial charge in [0.2, 0.25) is 0 Å². The number of fused-ring (bicyclic) bond motifs is 2. The van der Waals surface area contributed by atoms with Gasteiger partial charge in [0.15, 0.2) is 0 Å². The third kappa shape index (κ3) is 2.12. The third-order valence-corrected chi connectivity index (χ3v) is 5.17. The van der Waals surface area contributed by atoms with E-state index in [2.05, 4.69) is 43.3 Å². The number of rotatable bonds is 1. The van der Waals surface area contributed by atoms with Gasteiger partial charge in [0.05, 0.1) is 17.0 Å². The van der Waals surface area contributed by atoms with Crippen LogP contribution in [-0.4, -0.2) is 4.98 Å². The number of nitrogens with zero attached hydrogens (tertiary/aromatic N) is 2. The molecule has 1 aliphatic carbocycles. The maximum atomic E-state index is 9.95. The molecule has 0 amide bonds. The first-order valence-corrected chi connectivity index (χ1v) is 8.07. The van der Waals surface area contributed by atoms with Gasteiger partial charge in [0.1, 0.15) is 0 Å². The van der Waals surface area contributed by atoms with Crippen LogP contribution in [0.4, 0.5) is 0 Å². The molecular formula is C21H18N2. The summed E-state index contributed by atoms with van der Waals surface area (Å²) in [6.45, 7) is 2.17. The Morgan fingerprint density at radius 2 is 1.78 bits per heavy atom. The predicted octanol–water partition coefficient (Wildman–Crippen LogP) is 4.49. The maximum absolute atomic E-state index is 9.95. The number of hydrogen-bond acceptors (Lipinski definition) is 2. The van der Waals surface area contributed by atoms with Crippen molar-refractivity contribution < 1.29 is 0 Å². The molecule has 0 bridgehead atoms. The van der Waals surface area contributed by atoms with Crippen LogP contribution >= 0.6 is 0 Å². The molecule has 0 N–H and O–H groups in total. The van der Waals surface area contributed by atoms with Gasteiger partial charge in [-0.3, -0.25) is 4.98 Å². The highest BCUT2D eigenvalue weighted by Crippen LogP contribution is 2.40. The smallest absolute Gasteiger partial charge is 0.0867 e. The third-order valence-electron chi connectivity index (χ3n) is 5.17. The monoisotopic (exact) mass is 298 g/mol. The summed E-state index contributed by atoms with van der Waals surface area (Å²) in [5.41, 5.74) is 5.47. The fourth-order valence-corrected chi connectivity index (χ4v) is 3.81. The van der Waals surface area contributed by atoms with E-state index in [0.717, 1.165) is 30.3 Å². The van der Waals surface area contributed by atoms with Crippen molar-refractivity contribution >= 4 is 10.9 Å². The first-order valence-electron chi connectivity index (χ1n) is 8.07. The molecule has 2 heteroatoms. The minimum atomic E-state index is -0.427. The Hall–Kier alpha value is -2.66. The Kier molecular flexibility index (Phi) is 3.16. The normalized spacial score (nSPS) is 20.0. The molecule has 1 heterocycles. The molecule has 0 spiro atoms. The molecule has 3 aromatic rings. The zero-order valence-corrected chi connectivity index (χ0v) is 13.2. The highest BCUT2D eigenvalue weighted by atomic mass is 14.7. The highest BCUT2D eigenvalue weighted by Gasteiger charge is 2.37. The van der Waals surface area contributed by atoms with Crippen LogP contribution in [0.5, 0.6) is 0 Å². The number of pyridine rings is 1. The summed E-state index contributed by atoms with van der Waals surface area (Å²) in [7, 11) is 0. The van der Waals surface area contributed by atoms with Crippen LogP contribution in [0.2, 0.25) is 0 Å². The molecule has 2 nitrogen and oxygen atoms in total. The standard InChI is InChI=1S/C21H18N2/c1-15-17-9-5-6-10-19(17)23-20-11-12-21(14-22,13-18(15)20)16-7-3-2-4-8-16/h2-10H,11-13H2,1H3.